The largest absolute Gasteiger partial charge is 0.550 e. The van der Waals surface area contributed by atoms with Gasteiger partial charge in [-0.1, -0.05) is 55.4 Å². The van der Waals surface area contributed by atoms with Gasteiger partial charge in [0, 0.05) is 44.0 Å². The molecule has 0 saturated heterocycles. The van der Waals surface area contributed by atoms with Crippen molar-refractivity contribution in [2.45, 2.75) is 81.1 Å². The number of aliphatic carboxylic acids is 4. The van der Waals surface area contributed by atoms with Crippen molar-refractivity contribution >= 4 is 23.9 Å². The van der Waals surface area contributed by atoms with E-state index in [-0.39, 0.29) is 43.8 Å². The van der Waals surface area contributed by atoms with Crippen molar-refractivity contribution in [3.8, 4) is 0 Å². The molecule has 0 bridgehead atoms. The van der Waals surface area contributed by atoms with Gasteiger partial charge in [-0.2, -0.15) is 0 Å². The van der Waals surface area contributed by atoms with E-state index < -0.39 is 23.9 Å². The van der Waals surface area contributed by atoms with Crippen LogP contribution < -0.4 is 20.4 Å². The molecule has 0 amide bonds. The summed E-state index contributed by atoms with van der Waals surface area (Å²) in [7, 11) is 0. The third kappa shape index (κ3) is 31.4. The first-order valence-electron chi connectivity index (χ1n) is 9.56. The average Bonchev–Trinajstić information content (AvgIpc) is 2.66. The molecule has 4 unspecified atom stereocenters. The first kappa shape index (κ1) is 38.2. The molecule has 0 rings (SSSR count). The van der Waals surface area contributed by atoms with Crippen LogP contribution in [0, 0.1) is 23.7 Å². The molecule has 9 heteroatoms. The Morgan fingerprint density at radius 1 is 0.483 bits per heavy atom. The molecule has 0 aromatic rings. The number of carbonyl (C=O) groups excluding carboxylic acids is 4. The van der Waals surface area contributed by atoms with Crippen LogP contribution >= 0.6 is 0 Å². The van der Waals surface area contributed by atoms with Crippen molar-refractivity contribution < 1.29 is 59.7 Å². The van der Waals surface area contributed by atoms with Crippen LogP contribution in [0.5, 0.6) is 0 Å². The Balaban J connectivity index is -0.0000000873. The number of carboxylic acids is 4. The van der Waals surface area contributed by atoms with Crippen molar-refractivity contribution in [2.75, 3.05) is 0 Å². The second-order valence-electron chi connectivity index (χ2n) is 6.51. The van der Waals surface area contributed by atoms with E-state index in [2.05, 4.69) is 0 Å². The summed E-state index contributed by atoms with van der Waals surface area (Å²) in [6.45, 7) is 13.8. The Labute approximate surface area is 188 Å². The molecule has 29 heavy (non-hydrogen) atoms. The van der Waals surface area contributed by atoms with Gasteiger partial charge in [0.2, 0.25) is 0 Å². The predicted octanol–water partition coefficient (Wildman–Crippen LogP) is -0.873. The number of carboxylic acid groups (broad SMARTS) is 4. The van der Waals surface area contributed by atoms with Crippen LogP contribution in [0.25, 0.3) is 0 Å². The maximum atomic E-state index is 9.82. The summed E-state index contributed by atoms with van der Waals surface area (Å²) in [4.78, 5) is 39.3. The van der Waals surface area contributed by atoms with Gasteiger partial charge in [0.15, 0.2) is 0 Å². The minimum absolute atomic E-state index is 0. The van der Waals surface area contributed by atoms with Gasteiger partial charge in [-0.05, 0) is 49.4 Å². The molecule has 0 aromatic heterocycles. The fourth-order valence-electron chi connectivity index (χ4n) is 0.667. The van der Waals surface area contributed by atoms with E-state index in [0.717, 1.165) is 0 Å². The molecule has 0 aliphatic heterocycles. The standard InChI is InChI=1S/4C5H10O2.Ir/c4*1-3-4(2)5(6)7;/h4*4H,3H2,1-2H3,(H,6,7);/p-4. The summed E-state index contributed by atoms with van der Waals surface area (Å²) < 4.78 is 0. The summed E-state index contributed by atoms with van der Waals surface area (Å²) in [6.07, 6.45) is 2.62. The molecule has 0 heterocycles. The van der Waals surface area contributed by atoms with Gasteiger partial charge in [-0.15, -0.1) is 0 Å². The van der Waals surface area contributed by atoms with Gasteiger partial charge in [-0.25, -0.2) is 0 Å². The summed E-state index contributed by atoms with van der Waals surface area (Å²) in [5, 5.41) is 39.3. The summed E-state index contributed by atoms with van der Waals surface area (Å²) in [6, 6.07) is 0. The number of rotatable bonds is 8. The zero-order valence-electron chi connectivity index (χ0n) is 18.7. The summed E-state index contributed by atoms with van der Waals surface area (Å²) in [5.41, 5.74) is 0. The van der Waals surface area contributed by atoms with E-state index in [1.165, 1.54) is 0 Å². The van der Waals surface area contributed by atoms with Crippen LogP contribution in [-0.2, 0) is 39.3 Å². The SMILES string of the molecule is CCC(C)C(=O)[O-].CCC(C)C(=O)[O-].CCC(C)C(=O)[O-].CCC(C)C(=O)[O-].[Ir]. The van der Waals surface area contributed by atoms with Crippen LogP contribution in [-0.4, -0.2) is 23.9 Å². The van der Waals surface area contributed by atoms with E-state index in [4.69, 9.17) is 0 Å². The monoisotopic (exact) mass is 597 g/mol. The molecule has 0 N–H and O–H groups in total. The van der Waals surface area contributed by atoms with Gasteiger partial charge in [-0.3, -0.25) is 0 Å². The second-order valence-corrected chi connectivity index (χ2v) is 6.51. The third-order valence-electron chi connectivity index (χ3n) is 4.06. The van der Waals surface area contributed by atoms with Crippen LogP contribution in [0.1, 0.15) is 81.1 Å². The first-order valence-corrected chi connectivity index (χ1v) is 9.56. The molecular formula is C20H36IrO8-4. The number of hydrogen-bond acceptors (Lipinski definition) is 8. The zero-order chi connectivity index (χ0) is 23.4. The fourth-order valence-corrected chi connectivity index (χ4v) is 0.667. The Morgan fingerprint density at radius 2 is 0.586 bits per heavy atom. The molecule has 4 atom stereocenters. The third-order valence-corrected chi connectivity index (χ3v) is 4.06. The van der Waals surface area contributed by atoms with Gasteiger partial charge < -0.3 is 39.6 Å². The van der Waals surface area contributed by atoms with Crippen molar-refractivity contribution in [2.24, 2.45) is 23.7 Å². The van der Waals surface area contributed by atoms with E-state index in [9.17, 15) is 39.6 Å². The Bertz CT molecular complexity index is 360. The number of hydrogen-bond donors (Lipinski definition) is 0. The van der Waals surface area contributed by atoms with Gasteiger partial charge in [0.1, 0.15) is 0 Å². The molecule has 0 spiro atoms. The fraction of sp³-hybridized carbons (Fsp3) is 0.800. The minimum Gasteiger partial charge on any atom is -0.550 e. The topological polar surface area (TPSA) is 161 Å². The Morgan fingerprint density at radius 3 is 0.586 bits per heavy atom. The van der Waals surface area contributed by atoms with Crippen LogP contribution in [0.2, 0.25) is 0 Å². The zero-order valence-corrected chi connectivity index (χ0v) is 21.1. The first-order chi connectivity index (χ1) is 12.7. The minimum atomic E-state index is -0.956. The van der Waals surface area contributed by atoms with E-state index in [0.29, 0.717) is 25.7 Å². The van der Waals surface area contributed by atoms with E-state index in [1.807, 2.05) is 27.7 Å². The Kier molecular flexibility index (Phi) is 32.3. The van der Waals surface area contributed by atoms with E-state index in [1.54, 1.807) is 27.7 Å². The number of carbonyl (C=O) groups is 4. The summed E-state index contributed by atoms with van der Waals surface area (Å²) in [5.74, 6) is -4.99. The van der Waals surface area contributed by atoms with Crippen molar-refractivity contribution in [3.63, 3.8) is 0 Å². The maximum absolute atomic E-state index is 9.82. The molecule has 0 aliphatic carbocycles. The van der Waals surface area contributed by atoms with Gasteiger partial charge in [0.25, 0.3) is 0 Å². The van der Waals surface area contributed by atoms with Crippen LogP contribution in [0.15, 0.2) is 0 Å². The quantitative estimate of drug-likeness (QED) is 0.349. The van der Waals surface area contributed by atoms with Crippen molar-refractivity contribution in [1.29, 1.82) is 0 Å². The second kappa shape index (κ2) is 24.6. The molecule has 177 valence electrons. The van der Waals surface area contributed by atoms with Gasteiger partial charge >= 0.3 is 0 Å². The predicted molar refractivity (Wildman–Crippen MR) is 97.8 cm³/mol. The van der Waals surface area contributed by atoms with Gasteiger partial charge in [0.05, 0.1) is 0 Å². The maximum Gasteiger partial charge on any atom is 0.0442 e. The molecule has 1 radical (unpaired) electrons. The van der Waals surface area contributed by atoms with Crippen molar-refractivity contribution in [3.05, 3.63) is 0 Å². The summed E-state index contributed by atoms with van der Waals surface area (Å²) >= 11 is 0. The average molecular weight is 597 g/mol. The molecule has 0 aromatic carbocycles. The smallest absolute Gasteiger partial charge is 0.0442 e. The van der Waals surface area contributed by atoms with Crippen LogP contribution in [0.3, 0.4) is 0 Å². The molecule has 8 nitrogen and oxygen atoms in total. The molecule has 0 fully saturated rings. The van der Waals surface area contributed by atoms with E-state index >= 15 is 0 Å². The normalized spacial score (nSPS) is 13.0. The Hall–Kier alpha value is -1.47. The molecular weight excluding hydrogens is 560 g/mol. The van der Waals surface area contributed by atoms with Crippen molar-refractivity contribution in [1.82, 2.24) is 0 Å². The van der Waals surface area contributed by atoms with Crippen LogP contribution in [0.4, 0.5) is 0 Å². The molecule has 0 saturated carbocycles. The molecule has 0 aliphatic rings.